The van der Waals surface area contributed by atoms with Crippen LogP contribution in [0.15, 0.2) is 35.3 Å². The van der Waals surface area contributed by atoms with Crippen LogP contribution in [0.3, 0.4) is 0 Å². The molecule has 1 fully saturated rings. The molecular weight excluding hydrogens is 487 g/mol. The minimum Gasteiger partial charge on any atom is -0.371 e. The van der Waals surface area contributed by atoms with E-state index in [2.05, 4.69) is 44.8 Å². The first-order valence-electron chi connectivity index (χ1n) is 9.80. The maximum absolute atomic E-state index is 12.2. The fourth-order valence-electron chi connectivity index (χ4n) is 3.02. The Labute approximate surface area is 187 Å². The number of benzene rings is 1. The minimum absolute atomic E-state index is 0. The van der Waals surface area contributed by atoms with Gasteiger partial charge in [-0.3, -0.25) is 4.99 Å². The summed E-state index contributed by atoms with van der Waals surface area (Å²) in [6.07, 6.45) is 2.05. The topological polar surface area (TPSA) is 73.8 Å². The lowest BCUT2D eigenvalue weighted by molar-refractivity contribution is 0.461. The molecule has 8 heteroatoms. The van der Waals surface area contributed by atoms with E-state index < -0.39 is 14.6 Å². The summed E-state index contributed by atoms with van der Waals surface area (Å²) in [7, 11) is -3.15. The van der Waals surface area contributed by atoms with Crippen LogP contribution in [0.25, 0.3) is 0 Å². The molecule has 1 aliphatic rings. The molecule has 2 rings (SSSR count). The molecule has 1 heterocycles. The third-order valence-corrected chi connectivity index (χ3v) is 7.45. The molecule has 0 bridgehead atoms. The highest BCUT2D eigenvalue weighted by atomic mass is 127. The van der Waals surface area contributed by atoms with Crippen LogP contribution in [-0.4, -0.2) is 57.1 Å². The van der Waals surface area contributed by atoms with E-state index in [-0.39, 0.29) is 36.3 Å². The van der Waals surface area contributed by atoms with Crippen molar-refractivity contribution in [3.05, 3.63) is 30.3 Å². The number of nitrogens with one attached hydrogen (secondary N) is 2. The zero-order valence-corrected chi connectivity index (χ0v) is 20.6. The molecule has 0 spiro atoms. The van der Waals surface area contributed by atoms with Crippen molar-refractivity contribution in [3.63, 3.8) is 0 Å². The number of rotatable bonds is 6. The van der Waals surface area contributed by atoms with E-state index in [0.29, 0.717) is 12.0 Å². The van der Waals surface area contributed by atoms with E-state index >= 15 is 0 Å². The number of para-hydroxylation sites is 1. The van der Waals surface area contributed by atoms with Gasteiger partial charge in [0.05, 0.1) is 17.0 Å². The molecule has 0 unspecified atom stereocenters. The van der Waals surface area contributed by atoms with Gasteiger partial charge in [0.15, 0.2) is 15.8 Å². The fourth-order valence-corrected chi connectivity index (χ4v) is 3.96. The molecule has 1 aromatic carbocycles. The molecule has 0 aliphatic carbocycles. The molecule has 2 N–H and O–H groups in total. The highest BCUT2D eigenvalue weighted by molar-refractivity contribution is 14.0. The van der Waals surface area contributed by atoms with Gasteiger partial charge in [0, 0.05) is 31.4 Å². The first kappa shape index (κ1) is 25.0. The van der Waals surface area contributed by atoms with Crippen molar-refractivity contribution >= 4 is 45.5 Å². The van der Waals surface area contributed by atoms with Gasteiger partial charge in [-0.15, -0.1) is 24.0 Å². The Kier molecular flexibility index (Phi) is 10.0. The van der Waals surface area contributed by atoms with Gasteiger partial charge in [0.2, 0.25) is 0 Å². The number of halogens is 1. The number of guanidine groups is 1. The van der Waals surface area contributed by atoms with E-state index in [0.717, 1.165) is 32.5 Å². The SMILES string of the molecule is CCNC(=NCCS(=O)(=O)C(C)(C)C)NC1CCN(c2ccccc2)CC1.I. The van der Waals surface area contributed by atoms with Gasteiger partial charge in [-0.2, -0.15) is 0 Å². The van der Waals surface area contributed by atoms with Crippen LogP contribution in [0.2, 0.25) is 0 Å². The Morgan fingerprint density at radius 3 is 2.32 bits per heavy atom. The van der Waals surface area contributed by atoms with Crippen LogP contribution in [0.1, 0.15) is 40.5 Å². The molecule has 28 heavy (non-hydrogen) atoms. The van der Waals surface area contributed by atoms with Gasteiger partial charge >= 0.3 is 0 Å². The summed E-state index contributed by atoms with van der Waals surface area (Å²) in [4.78, 5) is 6.89. The number of sulfone groups is 1. The van der Waals surface area contributed by atoms with Crippen LogP contribution in [0, 0.1) is 0 Å². The Balaban J connectivity index is 0.00000392. The molecule has 0 saturated carbocycles. The Hall–Kier alpha value is -1.03. The van der Waals surface area contributed by atoms with Crippen molar-refractivity contribution in [2.75, 3.05) is 36.8 Å². The summed E-state index contributed by atoms with van der Waals surface area (Å²) in [5.41, 5.74) is 1.27. The molecular formula is C20H35IN4O2S. The lowest BCUT2D eigenvalue weighted by Gasteiger charge is -2.34. The van der Waals surface area contributed by atoms with Gasteiger partial charge in [0.25, 0.3) is 0 Å². The van der Waals surface area contributed by atoms with Gasteiger partial charge < -0.3 is 15.5 Å². The summed E-state index contributed by atoms with van der Waals surface area (Å²) < 4.78 is 23.7. The molecule has 1 aromatic rings. The summed E-state index contributed by atoms with van der Waals surface area (Å²) in [5, 5.41) is 6.70. The summed E-state index contributed by atoms with van der Waals surface area (Å²) in [5.74, 6) is 0.777. The van der Waals surface area contributed by atoms with Gasteiger partial charge in [-0.05, 0) is 52.7 Å². The molecule has 0 aromatic heterocycles. The van der Waals surface area contributed by atoms with E-state index in [1.54, 1.807) is 20.8 Å². The van der Waals surface area contributed by atoms with Crippen LogP contribution < -0.4 is 15.5 Å². The lowest BCUT2D eigenvalue weighted by Crippen LogP contribution is -2.49. The van der Waals surface area contributed by atoms with Gasteiger partial charge in [-0.1, -0.05) is 18.2 Å². The second kappa shape index (κ2) is 11.2. The smallest absolute Gasteiger partial charge is 0.191 e. The van der Waals surface area contributed by atoms with Crippen LogP contribution >= 0.6 is 24.0 Å². The quantitative estimate of drug-likeness (QED) is 0.342. The Bertz CT molecular complexity index is 709. The van der Waals surface area contributed by atoms with Crippen LogP contribution in [0.5, 0.6) is 0 Å². The Morgan fingerprint density at radius 2 is 1.79 bits per heavy atom. The van der Waals surface area contributed by atoms with Crippen molar-refractivity contribution in [2.24, 2.45) is 4.99 Å². The minimum atomic E-state index is -3.15. The molecule has 1 saturated heterocycles. The molecule has 6 nitrogen and oxygen atoms in total. The van der Waals surface area contributed by atoms with E-state index in [1.165, 1.54) is 5.69 Å². The highest BCUT2D eigenvalue weighted by Gasteiger charge is 2.28. The van der Waals surface area contributed by atoms with Crippen LogP contribution in [-0.2, 0) is 9.84 Å². The Morgan fingerprint density at radius 1 is 1.18 bits per heavy atom. The fraction of sp³-hybridized carbons (Fsp3) is 0.650. The molecule has 160 valence electrons. The maximum Gasteiger partial charge on any atom is 0.191 e. The van der Waals surface area contributed by atoms with Crippen molar-refractivity contribution < 1.29 is 8.42 Å². The zero-order valence-electron chi connectivity index (χ0n) is 17.4. The summed E-state index contributed by atoms with van der Waals surface area (Å²) in [6.45, 7) is 10.2. The number of piperidine rings is 1. The van der Waals surface area contributed by atoms with Crippen molar-refractivity contribution in [2.45, 2.75) is 51.3 Å². The first-order valence-corrected chi connectivity index (χ1v) is 11.5. The summed E-state index contributed by atoms with van der Waals surface area (Å²) in [6, 6.07) is 10.8. The standard InChI is InChI=1S/C20H34N4O2S.HI/c1-5-21-19(22-13-16-27(25,26)20(2,3)4)23-17-11-14-24(15-12-17)18-9-7-6-8-10-18;/h6-10,17H,5,11-16H2,1-4H3,(H2,21,22,23);1H. The predicted octanol–water partition coefficient (Wildman–Crippen LogP) is 3.04. The van der Waals surface area contributed by atoms with Crippen molar-refractivity contribution in [3.8, 4) is 0 Å². The van der Waals surface area contributed by atoms with Gasteiger partial charge in [0.1, 0.15) is 0 Å². The van der Waals surface area contributed by atoms with E-state index in [4.69, 9.17) is 0 Å². The second-order valence-electron chi connectivity index (χ2n) is 7.93. The maximum atomic E-state index is 12.2. The number of aliphatic imine (C=N–C) groups is 1. The number of nitrogens with zero attached hydrogens (tertiary/aromatic N) is 2. The number of anilines is 1. The molecule has 0 radical (unpaired) electrons. The monoisotopic (exact) mass is 522 g/mol. The normalized spacial score (nSPS) is 16.4. The van der Waals surface area contributed by atoms with Gasteiger partial charge in [-0.25, -0.2) is 8.42 Å². The van der Waals surface area contributed by atoms with Crippen molar-refractivity contribution in [1.82, 2.24) is 10.6 Å². The first-order chi connectivity index (χ1) is 12.7. The highest BCUT2D eigenvalue weighted by Crippen LogP contribution is 2.19. The largest absolute Gasteiger partial charge is 0.371 e. The number of hydrogen-bond donors (Lipinski definition) is 2. The van der Waals surface area contributed by atoms with E-state index in [1.807, 2.05) is 13.0 Å². The average molecular weight is 522 g/mol. The predicted molar refractivity (Wildman–Crippen MR) is 130 cm³/mol. The molecule has 1 aliphatic heterocycles. The number of hydrogen-bond acceptors (Lipinski definition) is 4. The molecule has 0 atom stereocenters. The van der Waals surface area contributed by atoms with Crippen LogP contribution in [0.4, 0.5) is 5.69 Å². The zero-order chi connectivity index (χ0) is 19.9. The lowest BCUT2D eigenvalue weighted by atomic mass is 10.0. The third-order valence-electron chi connectivity index (χ3n) is 4.86. The van der Waals surface area contributed by atoms with Crippen molar-refractivity contribution in [1.29, 1.82) is 0 Å². The summed E-state index contributed by atoms with van der Waals surface area (Å²) >= 11 is 0. The third kappa shape index (κ3) is 7.42. The van der Waals surface area contributed by atoms with E-state index in [9.17, 15) is 8.42 Å². The second-order valence-corrected chi connectivity index (χ2v) is 10.8. The average Bonchev–Trinajstić information content (AvgIpc) is 2.62. The molecule has 0 amide bonds.